The SMILES string of the molecule is C=C.C=CCCC(=O)CSc1nccn1C. The molecule has 0 bridgehead atoms. The van der Waals surface area contributed by atoms with Crippen molar-refractivity contribution in [2.24, 2.45) is 7.05 Å². The normalized spacial score (nSPS) is 9.06. The van der Waals surface area contributed by atoms with E-state index >= 15 is 0 Å². The van der Waals surface area contributed by atoms with Crippen molar-refractivity contribution in [3.8, 4) is 0 Å². The number of Topliss-reactive ketones (excluding diaryl/α,β-unsaturated/α-hetero) is 1. The molecule has 1 aromatic rings. The zero-order valence-corrected chi connectivity index (χ0v) is 10.5. The number of hydrogen-bond acceptors (Lipinski definition) is 3. The van der Waals surface area contributed by atoms with Crippen molar-refractivity contribution < 1.29 is 4.79 Å². The average Bonchev–Trinajstić information content (AvgIpc) is 2.72. The van der Waals surface area contributed by atoms with Gasteiger partial charge in [-0.15, -0.1) is 19.7 Å². The fourth-order valence-electron chi connectivity index (χ4n) is 0.971. The fraction of sp³-hybridized carbons (Fsp3) is 0.333. The molecule has 4 heteroatoms. The highest BCUT2D eigenvalue weighted by Gasteiger charge is 2.04. The third kappa shape index (κ3) is 5.56. The van der Waals surface area contributed by atoms with Gasteiger partial charge in [-0.2, -0.15) is 0 Å². The maximum absolute atomic E-state index is 11.3. The van der Waals surface area contributed by atoms with Gasteiger partial charge in [0.05, 0.1) is 5.75 Å². The highest BCUT2D eigenvalue weighted by Crippen LogP contribution is 2.14. The van der Waals surface area contributed by atoms with Crippen LogP contribution in [-0.2, 0) is 11.8 Å². The Hall–Kier alpha value is -1.29. The van der Waals surface area contributed by atoms with Crippen molar-refractivity contribution >= 4 is 17.5 Å². The van der Waals surface area contributed by atoms with Crippen LogP contribution in [-0.4, -0.2) is 21.1 Å². The Kier molecular flexibility index (Phi) is 8.25. The lowest BCUT2D eigenvalue weighted by Gasteiger charge is -1.99. The summed E-state index contributed by atoms with van der Waals surface area (Å²) in [5, 5.41) is 0.886. The molecule has 0 saturated heterocycles. The molecular formula is C12H18N2OS. The highest BCUT2D eigenvalue weighted by atomic mass is 32.2. The molecule has 0 spiro atoms. The first kappa shape index (κ1) is 14.7. The predicted molar refractivity (Wildman–Crippen MR) is 69.6 cm³/mol. The third-order valence-electron chi connectivity index (χ3n) is 1.77. The first-order valence-electron chi connectivity index (χ1n) is 4.96. The van der Waals surface area contributed by atoms with Crippen LogP contribution in [0.1, 0.15) is 12.8 Å². The molecule has 0 radical (unpaired) electrons. The first-order chi connectivity index (χ1) is 7.74. The summed E-state index contributed by atoms with van der Waals surface area (Å²) in [5.41, 5.74) is 0. The molecule has 1 heterocycles. The Labute approximate surface area is 101 Å². The number of thioether (sulfide) groups is 1. The Morgan fingerprint density at radius 1 is 1.62 bits per heavy atom. The molecule has 3 nitrogen and oxygen atoms in total. The van der Waals surface area contributed by atoms with Crippen LogP contribution in [0, 0.1) is 0 Å². The van der Waals surface area contributed by atoms with E-state index in [9.17, 15) is 4.79 Å². The molecule has 0 amide bonds. The summed E-state index contributed by atoms with van der Waals surface area (Å²) in [4.78, 5) is 15.4. The minimum absolute atomic E-state index is 0.248. The predicted octanol–water partition coefficient (Wildman–Crippen LogP) is 2.85. The summed E-state index contributed by atoms with van der Waals surface area (Å²) in [6.07, 6.45) is 6.72. The molecule has 88 valence electrons. The van der Waals surface area contributed by atoms with E-state index in [0.717, 1.165) is 11.6 Å². The molecule has 0 atom stereocenters. The second kappa shape index (κ2) is 8.97. The number of hydrogen-bond donors (Lipinski definition) is 0. The van der Waals surface area contributed by atoms with Gasteiger partial charge >= 0.3 is 0 Å². The average molecular weight is 238 g/mol. The van der Waals surface area contributed by atoms with Gasteiger partial charge in [0.15, 0.2) is 5.16 Å². The second-order valence-corrected chi connectivity index (χ2v) is 3.92. The lowest BCUT2D eigenvalue weighted by atomic mass is 10.2. The van der Waals surface area contributed by atoms with Gasteiger partial charge in [-0.3, -0.25) is 4.79 Å². The van der Waals surface area contributed by atoms with Crippen LogP contribution in [0.25, 0.3) is 0 Å². The van der Waals surface area contributed by atoms with Gasteiger partial charge in [0.1, 0.15) is 5.78 Å². The van der Waals surface area contributed by atoms with Gasteiger partial charge in [-0.05, 0) is 6.42 Å². The van der Waals surface area contributed by atoms with Crippen LogP contribution in [0.4, 0.5) is 0 Å². The number of allylic oxidation sites excluding steroid dienone is 1. The molecule has 1 aromatic heterocycles. The Balaban J connectivity index is 0.00000106. The number of ketones is 1. The molecule has 16 heavy (non-hydrogen) atoms. The topological polar surface area (TPSA) is 34.9 Å². The summed E-state index contributed by atoms with van der Waals surface area (Å²) in [6, 6.07) is 0. The molecule has 0 N–H and O–H groups in total. The van der Waals surface area contributed by atoms with E-state index in [2.05, 4.69) is 24.7 Å². The maximum atomic E-state index is 11.3. The monoisotopic (exact) mass is 238 g/mol. The number of rotatable bonds is 6. The number of carbonyl (C=O) groups is 1. The fourth-order valence-corrected chi connectivity index (χ4v) is 1.81. The van der Waals surface area contributed by atoms with Gasteiger partial charge < -0.3 is 4.57 Å². The molecule has 1 rings (SSSR count). The second-order valence-electron chi connectivity index (χ2n) is 2.98. The molecule has 0 saturated carbocycles. The molecule has 0 unspecified atom stereocenters. The number of nitrogens with zero attached hydrogens (tertiary/aromatic N) is 2. The van der Waals surface area contributed by atoms with Gasteiger partial charge in [0.2, 0.25) is 0 Å². The van der Waals surface area contributed by atoms with Crippen molar-refractivity contribution in [2.75, 3.05) is 5.75 Å². The number of carbonyl (C=O) groups excluding carboxylic acids is 1. The van der Waals surface area contributed by atoms with E-state index in [1.807, 2.05) is 17.8 Å². The van der Waals surface area contributed by atoms with E-state index in [1.165, 1.54) is 11.8 Å². The molecular weight excluding hydrogens is 220 g/mol. The minimum Gasteiger partial charge on any atom is -0.329 e. The van der Waals surface area contributed by atoms with E-state index in [-0.39, 0.29) is 5.78 Å². The third-order valence-corrected chi connectivity index (χ3v) is 2.88. The zero-order chi connectivity index (χ0) is 12.4. The summed E-state index contributed by atoms with van der Waals surface area (Å²) in [6.45, 7) is 9.58. The van der Waals surface area contributed by atoms with Crippen LogP contribution in [0.15, 0.2) is 43.4 Å². The maximum Gasteiger partial charge on any atom is 0.168 e. The van der Waals surface area contributed by atoms with Crippen LogP contribution in [0.2, 0.25) is 0 Å². The summed E-state index contributed by atoms with van der Waals surface area (Å²) in [7, 11) is 1.92. The molecule has 0 fully saturated rings. The zero-order valence-electron chi connectivity index (χ0n) is 9.69. The summed E-state index contributed by atoms with van der Waals surface area (Å²) in [5.74, 6) is 0.747. The van der Waals surface area contributed by atoms with Gasteiger partial charge in [0, 0.05) is 25.9 Å². The highest BCUT2D eigenvalue weighted by molar-refractivity contribution is 7.99. The van der Waals surface area contributed by atoms with Gasteiger partial charge in [-0.25, -0.2) is 4.98 Å². The summed E-state index contributed by atoms with van der Waals surface area (Å²) < 4.78 is 1.91. The Morgan fingerprint density at radius 3 is 2.81 bits per heavy atom. The Bertz CT molecular complexity index is 334. The van der Waals surface area contributed by atoms with Crippen molar-refractivity contribution in [3.05, 3.63) is 38.2 Å². The summed E-state index contributed by atoms with van der Waals surface area (Å²) >= 11 is 1.48. The number of imidazole rings is 1. The molecule has 0 aliphatic heterocycles. The van der Waals surface area contributed by atoms with Crippen LogP contribution < -0.4 is 0 Å². The van der Waals surface area contributed by atoms with Crippen LogP contribution in [0.3, 0.4) is 0 Å². The van der Waals surface area contributed by atoms with Crippen molar-refractivity contribution in [1.29, 1.82) is 0 Å². The van der Waals surface area contributed by atoms with E-state index < -0.39 is 0 Å². The number of aryl methyl sites for hydroxylation is 1. The van der Waals surface area contributed by atoms with Crippen molar-refractivity contribution in [3.63, 3.8) is 0 Å². The van der Waals surface area contributed by atoms with E-state index in [1.54, 1.807) is 12.3 Å². The quantitative estimate of drug-likeness (QED) is 0.564. The van der Waals surface area contributed by atoms with Crippen molar-refractivity contribution in [1.82, 2.24) is 9.55 Å². The first-order valence-corrected chi connectivity index (χ1v) is 5.95. The lowest BCUT2D eigenvalue weighted by molar-refractivity contribution is -0.116. The van der Waals surface area contributed by atoms with Crippen LogP contribution >= 0.6 is 11.8 Å². The molecule has 0 aliphatic rings. The largest absolute Gasteiger partial charge is 0.329 e. The van der Waals surface area contributed by atoms with E-state index in [4.69, 9.17) is 0 Å². The lowest BCUT2D eigenvalue weighted by Crippen LogP contribution is -2.01. The smallest absolute Gasteiger partial charge is 0.168 e. The van der Waals surface area contributed by atoms with E-state index in [0.29, 0.717) is 12.2 Å². The van der Waals surface area contributed by atoms with Gasteiger partial charge in [0.25, 0.3) is 0 Å². The standard InChI is InChI=1S/C10H14N2OS.C2H4/c1-3-4-5-9(13)8-14-10-11-6-7-12(10)2;1-2/h3,6-7H,1,4-5,8H2,2H3;1-2H2. The van der Waals surface area contributed by atoms with Crippen LogP contribution in [0.5, 0.6) is 0 Å². The minimum atomic E-state index is 0.248. The van der Waals surface area contributed by atoms with Crippen molar-refractivity contribution in [2.45, 2.75) is 18.0 Å². The Morgan fingerprint density at radius 2 is 2.31 bits per heavy atom. The molecule has 0 aromatic carbocycles. The number of aromatic nitrogens is 2. The molecule has 0 aliphatic carbocycles. The van der Waals surface area contributed by atoms with Gasteiger partial charge in [-0.1, -0.05) is 17.8 Å².